The fraction of sp³-hybridized carbons (Fsp3) is 0.632. The van der Waals surface area contributed by atoms with Gasteiger partial charge in [-0.1, -0.05) is 38.2 Å². The third-order valence-corrected chi connectivity index (χ3v) is 6.35. The molecule has 0 heterocycles. The molecule has 7 heteroatoms. The van der Waals surface area contributed by atoms with Crippen LogP contribution in [-0.2, 0) is 14.8 Å². The first kappa shape index (κ1) is 20.7. The van der Waals surface area contributed by atoms with Crippen LogP contribution in [0.2, 0.25) is 0 Å². The van der Waals surface area contributed by atoms with E-state index in [1.165, 1.54) is 26.4 Å². The lowest BCUT2D eigenvalue weighted by atomic mass is 9.96. The Labute approximate surface area is 156 Å². The molecule has 1 aromatic carbocycles. The molecule has 146 valence electrons. The number of hydrogen-bond acceptors (Lipinski definition) is 4. The second-order valence-electron chi connectivity index (χ2n) is 7.05. The number of sulfonamides is 1. The van der Waals surface area contributed by atoms with Gasteiger partial charge in [0.2, 0.25) is 15.9 Å². The van der Waals surface area contributed by atoms with Gasteiger partial charge in [-0.05, 0) is 44.4 Å². The van der Waals surface area contributed by atoms with Crippen molar-refractivity contribution in [2.75, 3.05) is 7.11 Å². The maximum atomic E-state index is 12.7. The molecular weight excluding hydrogens is 352 g/mol. The zero-order valence-corrected chi connectivity index (χ0v) is 16.7. The predicted molar refractivity (Wildman–Crippen MR) is 102 cm³/mol. The number of methoxy groups -OCH3 is 1. The van der Waals surface area contributed by atoms with Crippen molar-refractivity contribution in [1.82, 2.24) is 10.0 Å². The standard InChI is InChI=1S/C19H30N2O4S/c1-14-11-12-17(25-3)18(13-14)26(23,24)21-15(2)19(22)20-16-9-7-5-4-6-8-10-16/h11-13,15-16,21H,4-10H2,1-3H3,(H,20,22)/t15-/m1/s1. The van der Waals surface area contributed by atoms with Crippen LogP contribution in [-0.4, -0.2) is 33.5 Å². The van der Waals surface area contributed by atoms with Crippen LogP contribution in [0, 0.1) is 6.92 Å². The van der Waals surface area contributed by atoms with E-state index in [-0.39, 0.29) is 22.6 Å². The molecule has 1 saturated carbocycles. The van der Waals surface area contributed by atoms with E-state index < -0.39 is 16.1 Å². The fourth-order valence-corrected chi connectivity index (χ4v) is 4.73. The lowest BCUT2D eigenvalue weighted by Gasteiger charge is -2.23. The molecule has 1 aliphatic rings. The monoisotopic (exact) mass is 382 g/mol. The molecule has 6 nitrogen and oxygen atoms in total. The number of nitrogens with one attached hydrogen (secondary N) is 2. The second-order valence-corrected chi connectivity index (χ2v) is 8.73. The van der Waals surface area contributed by atoms with Crippen molar-refractivity contribution < 1.29 is 17.9 Å². The Kier molecular flexibility index (Phi) is 7.46. The Hall–Kier alpha value is -1.60. The second kappa shape index (κ2) is 9.37. The first-order chi connectivity index (χ1) is 12.3. The molecular formula is C19H30N2O4S. The topological polar surface area (TPSA) is 84.5 Å². The van der Waals surface area contributed by atoms with Gasteiger partial charge in [0.25, 0.3) is 0 Å². The quantitative estimate of drug-likeness (QED) is 0.792. The minimum Gasteiger partial charge on any atom is -0.495 e. The van der Waals surface area contributed by atoms with Crippen molar-refractivity contribution in [2.24, 2.45) is 0 Å². The maximum absolute atomic E-state index is 12.7. The molecule has 2 N–H and O–H groups in total. The summed E-state index contributed by atoms with van der Waals surface area (Å²) in [5, 5.41) is 3.00. The SMILES string of the molecule is COc1ccc(C)cc1S(=O)(=O)N[C@H](C)C(=O)NC1CCCCCCC1. The Morgan fingerprint density at radius 1 is 1.15 bits per heavy atom. The Morgan fingerprint density at radius 3 is 2.38 bits per heavy atom. The first-order valence-corrected chi connectivity index (χ1v) is 10.8. The molecule has 0 bridgehead atoms. The zero-order chi connectivity index (χ0) is 19.2. The number of ether oxygens (including phenoxy) is 1. The van der Waals surface area contributed by atoms with E-state index in [1.807, 2.05) is 6.92 Å². The minimum absolute atomic E-state index is 0.0469. The largest absolute Gasteiger partial charge is 0.495 e. The summed E-state index contributed by atoms with van der Waals surface area (Å²) >= 11 is 0. The fourth-order valence-electron chi connectivity index (χ4n) is 3.27. The van der Waals surface area contributed by atoms with Gasteiger partial charge in [-0.15, -0.1) is 0 Å². The van der Waals surface area contributed by atoms with E-state index in [0.29, 0.717) is 0 Å². The molecule has 2 rings (SSSR count). The van der Waals surface area contributed by atoms with Crippen LogP contribution in [0.25, 0.3) is 0 Å². The van der Waals surface area contributed by atoms with Gasteiger partial charge < -0.3 is 10.1 Å². The van der Waals surface area contributed by atoms with Crippen molar-refractivity contribution in [3.05, 3.63) is 23.8 Å². The van der Waals surface area contributed by atoms with Crippen LogP contribution in [0.3, 0.4) is 0 Å². The molecule has 1 amide bonds. The van der Waals surface area contributed by atoms with Gasteiger partial charge in [-0.25, -0.2) is 8.42 Å². The minimum atomic E-state index is -3.86. The van der Waals surface area contributed by atoms with Gasteiger partial charge in [0.1, 0.15) is 10.6 Å². The lowest BCUT2D eigenvalue weighted by molar-refractivity contribution is -0.123. The molecule has 0 aliphatic heterocycles. The highest BCUT2D eigenvalue weighted by Gasteiger charge is 2.26. The van der Waals surface area contributed by atoms with E-state index in [2.05, 4.69) is 10.0 Å². The van der Waals surface area contributed by atoms with Crippen molar-refractivity contribution in [2.45, 2.75) is 75.8 Å². The van der Waals surface area contributed by atoms with Crippen molar-refractivity contribution >= 4 is 15.9 Å². The Bertz CT molecular complexity index is 710. The van der Waals surface area contributed by atoms with Gasteiger partial charge in [-0.3, -0.25) is 4.79 Å². The summed E-state index contributed by atoms with van der Waals surface area (Å²) in [4.78, 5) is 12.5. The van der Waals surface area contributed by atoms with E-state index in [1.54, 1.807) is 25.1 Å². The van der Waals surface area contributed by atoms with Gasteiger partial charge in [-0.2, -0.15) is 4.72 Å². The molecule has 1 aliphatic carbocycles. The highest BCUT2D eigenvalue weighted by atomic mass is 32.2. The Balaban J connectivity index is 2.04. The summed E-state index contributed by atoms with van der Waals surface area (Å²) in [6.07, 6.45) is 7.77. The smallest absolute Gasteiger partial charge is 0.244 e. The van der Waals surface area contributed by atoms with Crippen LogP contribution in [0.1, 0.15) is 57.4 Å². The molecule has 1 fully saturated rings. The Morgan fingerprint density at radius 2 is 1.77 bits per heavy atom. The average molecular weight is 383 g/mol. The van der Waals surface area contributed by atoms with Crippen molar-refractivity contribution in [1.29, 1.82) is 0 Å². The normalized spacial score (nSPS) is 17.8. The summed E-state index contributed by atoms with van der Waals surface area (Å²) < 4.78 is 33.0. The molecule has 0 unspecified atom stereocenters. The predicted octanol–water partition coefficient (Wildman–Crippen LogP) is 2.90. The van der Waals surface area contributed by atoms with E-state index in [4.69, 9.17) is 4.74 Å². The molecule has 1 aromatic rings. The van der Waals surface area contributed by atoms with Gasteiger partial charge in [0, 0.05) is 6.04 Å². The summed E-state index contributed by atoms with van der Waals surface area (Å²) in [5.74, 6) is -0.0264. The summed E-state index contributed by atoms with van der Waals surface area (Å²) in [5.41, 5.74) is 0.804. The number of aryl methyl sites for hydroxylation is 1. The zero-order valence-electron chi connectivity index (χ0n) is 15.9. The molecule has 0 radical (unpaired) electrons. The maximum Gasteiger partial charge on any atom is 0.244 e. The number of hydrogen-bond donors (Lipinski definition) is 2. The number of carbonyl (C=O) groups is 1. The number of benzene rings is 1. The number of carbonyl (C=O) groups excluding carboxylic acids is 1. The third kappa shape index (κ3) is 5.71. The highest BCUT2D eigenvalue weighted by molar-refractivity contribution is 7.89. The highest BCUT2D eigenvalue weighted by Crippen LogP contribution is 2.25. The third-order valence-electron chi connectivity index (χ3n) is 4.79. The van der Waals surface area contributed by atoms with Gasteiger partial charge in [0.15, 0.2) is 0 Å². The summed E-state index contributed by atoms with van der Waals surface area (Å²) in [7, 11) is -2.43. The number of amides is 1. The molecule has 26 heavy (non-hydrogen) atoms. The summed E-state index contributed by atoms with van der Waals surface area (Å²) in [6, 6.07) is 4.21. The lowest BCUT2D eigenvalue weighted by Crippen LogP contribution is -2.48. The van der Waals surface area contributed by atoms with E-state index in [9.17, 15) is 13.2 Å². The first-order valence-electron chi connectivity index (χ1n) is 9.31. The average Bonchev–Trinajstić information content (AvgIpc) is 2.56. The molecule has 0 spiro atoms. The van der Waals surface area contributed by atoms with Crippen LogP contribution in [0.4, 0.5) is 0 Å². The van der Waals surface area contributed by atoms with Crippen LogP contribution in [0.5, 0.6) is 5.75 Å². The summed E-state index contributed by atoms with van der Waals surface area (Å²) in [6.45, 7) is 3.38. The van der Waals surface area contributed by atoms with E-state index >= 15 is 0 Å². The number of rotatable bonds is 6. The van der Waals surface area contributed by atoms with Gasteiger partial charge >= 0.3 is 0 Å². The van der Waals surface area contributed by atoms with E-state index in [0.717, 1.165) is 31.2 Å². The van der Waals surface area contributed by atoms with Crippen LogP contribution >= 0.6 is 0 Å². The van der Waals surface area contributed by atoms with Gasteiger partial charge in [0.05, 0.1) is 13.2 Å². The van der Waals surface area contributed by atoms with Crippen LogP contribution in [0.15, 0.2) is 23.1 Å². The molecule has 0 aromatic heterocycles. The molecule has 1 atom stereocenters. The van der Waals surface area contributed by atoms with Crippen molar-refractivity contribution in [3.8, 4) is 5.75 Å². The van der Waals surface area contributed by atoms with Crippen LogP contribution < -0.4 is 14.8 Å². The van der Waals surface area contributed by atoms with Crippen molar-refractivity contribution in [3.63, 3.8) is 0 Å². The molecule has 0 saturated heterocycles.